The first-order valence-corrected chi connectivity index (χ1v) is 5.24. The van der Waals surface area contributed by atoms with Gasteiger partial charge in [-0.2, -0.15) is 11.8 Å². The molecular formula is C8H15NO3S. The van der Waals surface area contributed by atoms with Gasteiger partial charge < -0.3 is 10.4 Å². The van der Waals surface area contributed by atoms with E-state index in [1.807, 2.05) is 0 Å². The molecule has 0 aliphatic carbocycles. The lowest BCUT2D eigenvalue weighted by Crippen LogP contribution is -2.23. The summed E-state index contributed by atoms with van der Waals surface area (Å²) in [4.78, 5) is 20.8. The molecule has 1 unspecified atom stereocenters. The molecule has 1 amide bonds. The minimum atomic E-state index is -0.771. The van der Waals surface area contributed by atoms with E-state index < -0.39 is 5.97 Å². The second kappa shape index (κ2) is 6.77. The third kappa shape index (κ3) is 7.64. The summed E-state index contributed by atoms with van der Waals surface area (Å²) in [7, 11) is 0. The van der Waals surface area contributed by atoms with Crippen molar-refractivity contribution < 1.29 is 14.7 Å². The molecule has 0 aromatic carbocycles. The molecule has 13 heavy (non-hydrogen) atoms. The zero-order valence-corrected chi connectivity index (χ0v) is 8.69. The smallest absolute Gasteiger partial charge is 0.307 e. The van der Waals surface area contributed by atoms with Crippen LogP contribution >= 0.6 is 11.8 Å². The van der Waals surface area contributed by atoms with Crippen molar-refractivity contribution in [2.75, 3.05) is 18.1 Å². The van der Waals surface area contributed by atoms with Gasteiger partial charge in [0.1, 0.15) is 0 Å². The van der Waals surface area contributed by atoms with Gasteiger partial charge in [-0.25, -0.2) is 0 Å². The van der Waals surface area contributed by atoms with Crippen LogP contribution in [-0.2, 0) is 9.59 Å². The Morgan fingerprint density at radius 3 is 2.62 bits per heavy atom. The van der Waals surface area contributed by atoms with Gasteiger partial charge in [-0.05, 0) is 0 Å². The zero-order chi connectivity index (χ0) is 10.3. The fourth-order valence-electron chi connectivity index (χ4n) is 0.631. The van der Waals surface area contributed by atoms with Gasteiger partial charge >= 0.3 is 5.97 Å². The number of amides is 1. The Kier molecular flexibility index (Phi) is 6.40. The van der Waals surface area contributed by atoms with E-state index >= 15 is 0 Å². The molecule has 1 atom stereocenters. The molecule has 0 aliphatic heterocycles. The highest BCUT2D eigenvalue weighted by atomic mass is 32.2. The van der Waals surface area contributed by atoms with Crippen molar-refractivity contribution in [3.05, 3.63) is 0 Å². The lowest BCUT2D eigenvalue weighted by atomic mass is 10.2. The molecule has 0 aliphatic rings. The van der Waals surface area contributed by atoms with E-state index in [-0.39, 0.29) is 11.8 Å². The van der Waals surface area contributed by atoms with Crippen LogP contribution < -0.4 is 5.32 Å². The van der Waals surface area contributed by atoms with Crippen molar-refractivity contribution in [2.45, 2.75) is 13.8 Å². The van der Waals surface area contributed by atoms with E-state index in [1.165, 1.54) is 18.7 Å². The third-order valence-electron chi connectivity index (χ3n) is 1.41. The molecule has 0 bridgehead atoms. The monoisotopic (exact) mass is 205 g/mol. The average molecular weight is 205 g/mol. The largest absolute Gasteiger partial charge is 0.481 e. The summed E-state index contributed by atoms with van der Waals surface area (Å²) in [6.45, 7) is 3.74. The SMILES string of the molecule is CC(=O)NCCSCC(C)C(=O)O. The number of nitrogens with one attached hydrogen (secondary N) is 1. The maximum Gasteiger partial charge on any atom is 0.307 e. The molecule has 0 aromatic heterocycles. The van der Waals surface area contributed by atoms with Crippen molar-refractivity contribution in [2.24, 2.45) is 5.92 Å². The molecule has 0 rings (SSSR count). The fourth-order valence-corrected chi connectivity index (χ4v) is 1.54. The molecule has 0 radical (unpaired) electrons. The first kappa shape index (κ1) is 12.3. The van der Waals surface area contributed by atoms with Crippen molar-refractivity contribution in [3.63, 3.8) is 0 Å². The van der Waals surface area contributed by atoms with Crippen LogP contribution in [0, 0.1) is 5.92 Å². The van der Waals surface area contributed by atoms with Gasteiger partial charge in [0.15, 0.2) is 0 Å². The lowest BCUT2D eigenvalue weighted by Gasteiger charge is -2.05. The van der Waals surface area contributed by atoms with Crippen molar-refractivity contribution >= 4 is 23.6 Å². The molecule has 0 heterocycles. The van der Waals surface area contributed by atoms with Crippen molar-refractivity contribution in [3.8, 4) is 0 Å². The Balaban J connectivity index is 3.26. The summed E-state index contributed by atoms with van der Waals surface area (Å²) in [5.41, 5.74) is 0. The van der Waals surface area contributed by atoms with E-state index in [4.69, 9.17) is 5.11 Å². The van der Waals surface area contributed by atoms with Gasteiger partial charge in [0, 0.05) is 25.0 Å². The second-order valence-corrected chi connectivity index (χ2v) is 3.95. The number of carbonyl (C=O) groups is 2. The molecule has 76 valence electrons. The Morgan fingerprint density at radius 2 is 2.15 bits per heavy atom. The van der Waals surface area contributed by atoms with Gasteiger partial charge in [-0.3, -0.25) is 9.59 Å². The number of carboxylic acid groups (broad SMARTS) is 1. The van der Waals surface area contributed by atoms with Crippen LogP contribution in [0.1, 0.15) is 13.8 Å². The summed E-state index contributed by atoms with van der Waals surface area (Å²) in [5, 5.41) is 11.2. The van der Waals surface area contributed by atoms with Crippen molar-refractivity contribution in [1.29, 1.82) is 0 Å². The summed E-state index contributed by atoms with van der Waals surface area (Å²) >= 11 is 1.54. The van der Waals surface area contributed by atoms with Gasteiger partial charge in [-0.1, -0.05) is 6.92 Å². The highest BCUT2D eigenvalue weighted by molar-refractivity contribution is 7.99. The van der Waals surface area contributed by atoms with Gasteiger partial charge in [0.05, 0.1) is 5.92 Å². The van der Waals surface area contributed by atoms with Gasteiger partial charge in [0.25, 0.3) is 0 Å². The number of carbonyl (C=O) groups excluding carboxylic acids is 1. The Bertz CT molecular complexity index is 184. The number of carboxylic acids is 1. The molecule has 0 spiro atoms. The number of rotatable bonds is 6. The minimum Gasteiger partial charge on any atom is -0.481 e. The summed E-state index contributed by atoms with van der Waals surface area (Å²) in [5.74, 6) is 0.216. The van der Waals surface area contributed by atoms with Crippen LogP contribution in [-0.4, -0.2) is 35.0 Å². The van der Waals surface area contributed by atoms with Crippen LogP contribution in [0.15, 0.2) is 0 Å². The highest BCUT2D eigenvalue weighted by Crippen LogP contribution is 2.07. The van der Waals surface area contributed by atoms with E-state index in [0.29, 0.717) is 12.3 Å². The first-order valence-electron chi connectivity index (χ1n) is 4.09. The number of thioether (sulfide) groups is 1. The maximum absolute atomic E-state index is 10.4. The molecule has 4 nitrogen and oxygen atoms in total. The van der Waals surface area contributed by atoms with Crippen LogP contribution in [0.4, 0.5) is 0 Å². The molecule has 2 N–H and O–H groups in total. The molecule has 5 heteroatoms. The topological polar surface area (TPSA) is 66.4 Å². The van der Waals surface area contributed by atoms with E-state index in [2.05, 4.69) is 5.32 Å². The van der Waals surface area contributed by atoms with Crippen LogP contribution in [0.5, 0.6) is 0 Å². The zero-order valence-electron chi connectivity index (χ0n) is 7.87. The van der Waals surface area contributed by atoms with Gasteiger partial charge in [-0.15, -0.1) is 0 Å². The van der Waals surface area contributed by atoms with Crippen LogP contribution in [0.2, 0.25) is 0 Å². The number of aliphatic carboxylic acids is 1. The Labute approximate surface area is 82.1 Å². The third-order valence-corrected chi connectivity index (χ3v) is 2.64. The predicted octanol–water partition coefficient (Wildman–Crippen LogP) is 0.576. The molecular weight excluding hydrogens is 190 g/mol. The molecule has 0 fully saturated rings. The molecule has 0 saturated heterocycles. The quantitative estimate of drug-likeness (QED) is 0.622. The Hall–Kier alpha value is -0.710. The Morgan fingerprint density at radius 1 is 1.54 bits per heavy atom. The lowest BCUT2D eigenvalue weighted by molar-refractivity contribution is -0.140. The maximum atomic E-state index is 10.4. The molecule has 0 saturated carbocycles. The average Bonchev–Trinajstić information content (AvgIpc) is 2.02. The normalized spacial score (nSPS) is 12.2. The summed E-state index contributed by atoms with van der Waals surface area (Å²) in [6, 6.07) is 0. The van der Waals surface area contributed by atoms with E-state index in [0.717, 1.165) is 5.75 Å². The number of hydrogen-bond donors (Lipinski definition) is 2. The summed E-state index contributed by atoms with van der Waals surface area (Å²) in [6.07, 6.45) is 0. The summed E-state index contributed by atoms with van der Waals surface area (Å²) < 4.78 is 0. The second-order valence-electron chi connectivity index (χ2n) is 2.80. The van der Waals surface area contributed by atoms with E-state index in [9.17, 15) is 9.59 Å². The van der Waals surface area contributed by atoms with Crippen molar-refractivity contribution in [1.82, 2.24) is 5.32 Å². The number of hydrogen-bond acceptors (Lipinski definition) is 3. The van der Waals surface area contributed by atoms with Crippen LogP contribution in [0.25, 0.3) is 0 Å². The standard InChI is InChI=1S/C8H15NO3S/c1-6(8(11)12)5-13-4-3-9-7(2)10/h6H,3-5H2,1-2H3,(H,9,10)(H,11,12). The first-order chi connectivity index (χ1) is 6.04. The van der Waals surface area contributed by atoms with E-state index in [1.54, 1.807) is 6.92 Å². The van der Waals surface area contributed by atoms with Gasteiger partial charge in [0.2, 0.25) is 5.91 Å². The fraction of sp³-hybridized carbons (Fsp3) is 0.750. The minimum absolute atomic E-state index is 0.0492. The molecule has 0 aromatic rings. The predicted molar refractivity (Wildman–Crippen MR) is 52.8 cm³/mol. The van der Waals surface area contributed by atoms with Crippen LogP contribution in [0.3, 0.4) is 0 Å². The highest BCUT2D eigenvalue weighted by Gasteiger charge is 2.09.